The number of amides is 1. The summed E-state index contributed by atoms with van der Waals surface area (Å²) in [6, 6.07) is 20.9. The van der Waals surface area contributed by atoms with E-state index >= 15 is 0 Å². The second-order valence-electron chi connectivity index (χ2n) is 8.49. The molecule has 0 spiro atoms. The molecule has 1 saturated heterocycles. The van der Waals surface area contributed by atoms with Crippen molar-refractivity contribution in [2.75, 3.05) is 42.7 Å². The smallest absolute Gasteiger partial charge is 0.271 e. The minimum atomic E-state index is -3.72. The van der Waals surface area contributed by atoms with Crippen molar-refractivity contribution in [2.24, 2.45) is 0 Å². The Balaban J connectivity index is 1.39. The van der Waals surface area contributed by atoms with Crippen LogP contribution in [0.1, 0.15) is 15.9 Å². The molecule has 4 rings (SSSR count). The van der Waals surface area contributed by atoms with E-state index in [0.717, 1.165) is 62.9 Å². The molecule has 0 saturated carbocycles. The molecule has 0 radical (unpaired) electrons. The van der Waals surface area contributed by atoms with Gasteiger partial charge in [0.05, 0.1) is 9.82 Å². The van der Waals surface area contributed by atoms with Gasteiger partial charge >= 0.3 is 0 Å². The van der Waals surface area contributed by atoms with E-state index in [-0.39, 0.29) is 10.5 Å². The molecule has 10 heteroatoms. The van der Waals surface area contributed by atoms with Crippen LogP contribution in [0.5, 0.6) is 0 Å². The van der Waals surface area contributed by atoms with Crippen molar-refractivity contribution in [3.05, 3.63) is 94.0 Å². The highest BCUT2D eigenvalue weighted by Gasteiger charge is 2.20. The average Bonchev–Trinajstić information content (AvgIpc) is 2.85. The van der Waals surface area contributed by atoms with Gasteiger partial charge in [-0.25, -0.2) is 8.42 Å². The maximum atomic E-state index is 12.7. The molecule has 1 fully saturated rings. The van der Waals surface area contributed by atoms with Crippen LogP contribution < -0.4 is 10.2 Å². The first-order chi connectivity index (χ1) is 16.7. The zero-order valence-electron chi connectivity index (χ0n) is 19.3. The monoisotopic (exact) mass is 494 g/mol. The van der Waals surface area contributed by atoms with Gasteiger partial charge in [0.1, 0.15) is 0 Å². The molecule has 0 atom stereocenters. The summed E-state index contributed by atoms with van der Waals surface area (Å²) in [5, 5.41) is 13.9. The molecule has 1 heterocycles. The predicted octanol–water partition coefficient (Wildman–Crippen LogP) is 3.57. The van der Waals surface area contributed by atoms with Crippen molar-refractivity contribution >= 4 is 32.8 Å². The third-order valence-corrected chi connectivity index (χ3v) is 7.00. The summed E-state index contributed by atoms with van der Waals surface area (Å²) in [7, 11) is -3.72. The zero-order chi connectivity index (χ0) is 25.0. The summed E-state index contributed by atoms with van der Waals surface area (Å²) in [6.07, 6.45) is 0.938. The first-order valence-corrected chi connectivity index (χ1v) is 13.0. The second kappa shape index (κ2) is 10.2. The predicted molar refractivity (Wildman–Crippen MR) is 135 cm³/mol. The number of non-ortho nitro benzene ring substituents is 1. The van der Waals surface area contributed by atoms with Gasteiger partial charge in [-0.05, 0) is 35.9 Å². The van der Waals surface area contributed by atoms with Crippen molar-refractivity contribution in [3.8, 4) is 0 Å². The van der Waals surface area contributed by atoms with E-state index in [1.807, 2.05) is 18.2 Å². The first kappa shape index (κ1) is 24.4. The molecule has 182 valence electrons. The van der Waals surface area contributed by atoms with Crippen LogP contribution in [-0.4, -0.2) is 56.6 Å². The molecule has 1 amide bonds. The molecule has 9 nitrogen and oxygen atoms in total. The maximum absolute atomic E-state index is 12.7. The number of nitro groups is 1. The van der Waals surface area contributed by atoms with Gasteiger partial charge in [-0.2, -0.15) is 0 Å². The van der Waals surface area contributed by atoms with Gasteiger partial charge in [-0.1, -0.05) is 30.3 Å². The number of nitro benzene ring substituents is 1. The highest BCUT2D eigenvalue weighted by atomic mass is 32.2. The molecule has 35 heavy (non-hydrogen) atoms. The van der Waals surface area contributed by atoms with Gasteiger partial charge in [-0.15, -0.1) is 0 Å². The molecule has 1 N–H and O–H groups in total. The summed E-state index contributed by atoms with van der Waals surface area (Å²) in [5.41, 5.74) is 2.29. The fourth-order valence-corrected chi connectivity index (χ4v) is 4.67. The van der Waals surface area contributed by atoms with Gasteiger partial charge in [0.2, 0.25) is 0 Å². The Morgan fingerprint density at radius 3 is 2.23 bits per heavy atom. The van der Waals surface area contributed by atoms with Crippen molar-refractivity contribution < 1.29 is 18.1 Å². The van der Waals surface area contributed by atoms with Crippen molar-refractivity contribution in [2.45, 2.75) is 11.4 Å². The van der Waals surface area contributed by atoms with Gasteiger partial charge in [-0.3, -0.25) is 19.8 Å². The van der Waals surface area contributed by atoms with E-state index in [0.29, 0.717) is 5.69 Å². The molecule has 3 aromatic rings. The number of nitrogens with zero attached hydrogens (tertiary/aromatic N) is 3. The molecule has 0 unspecified atom stereocenters. The molecule has 3 aromatic carbocycles. The summed E-state index contributed by atoms with van der Waals surface area (Å²) in [6.45, 7) is 4.60. The van der Waals surface area contributed by atoms with E-state index in [1.165, 1.54) is 5.56 Å². The third kappa shape index (κ3) is 6.23. The average molecular weight is 495 g/mol. The summed E-state index contributed by atoms with van der Waals surface area (Å²) in [4.78, 5) is 27.6. The van der Waals surface area contributed by atoms with Crippen LogP contribution in [0, 0.1) is 10.1 Å². The third-order valence-electron chi connectivity index (χ3n) is 5.90. The Kier molecular flexibility index (Phi) is 7.13. The van der Waals surface area contributed by atoms with Gasteiger partial charge in [0.15, 0.2) is 9.84 Å². The van der Waals surface area contributed by atoms with Gasteiger partial charge in [0, 0.05) is 68.1 Å². The van der Waals surface area contributed by atoms with Crippen LogP contribution >= 0.6 is 0 Å². The fraction of sp³-hybridized carbons (Fsp3) is 0.240. The lowest BCUT2D eigenvalue weighted by molar-refractivity contribution is -0.385. The Bertz CT molecular complexity index is 1320. The number of hydrogen-bond acceptors (Lipinski definition) is 7. The Morgan fingerprint density at radius 1 is 0.971 bits per heavy atom. The van der Waals surface area contributed by atoms with Crippen LogP contribution in [0.2, 0.25) is 0 Å². The zero-order valence-corrected chi connectivity index (χ0v) is 20.1. The Hall–Kier alpha value is -3.76. The number of carbonyl (C=O) groups excluding carboxylic acids is 1. The summed E-state index contributed by atoms with van der Waals surface area (Å²) >= 11 is 0. The van der Waals surface area contributed by atoms with E-state index in [1.54, 1.807) is 12.1 Å². The first-order valence-electron chi connectivity index (χ1n) is 11.1. The topological polar surface area (TPSA) is 113 Å². The number of benzene rings is 3. The fourth-order valence-electron chi connectivity index (χ4n) is 4.00. The van der Waals surface area contributed by atoms with Crippen molar-refractivity contribution in [3.63, 3.8) is 0 Å². The molecule has 0 aromatic heterocycles. The quantitative estimate of drug-likeness (QED) is 0.395. The van der Waals surface area contributed by atoms with Gasteiger partial charge in [0.25, 0.3) is 11.6 Å². The minimum Gasteiger partial charge on any atom is -0.369 e. The van der Waals surface area contributed by atoms with E-state index in [4.69, 9.17) is 0 Å². The number of carbonyl (C=O) groups is 1. The number of rotatable bonds is 7. The molecule has 1 aliphatic rings. The van der Waals surface area contributed by atoms with Crippen LogP contribution in [0.25, 0.3) is 0 Å². The Morgan fingerprint density at radius 2 is 1.63 bits per heavy atom. The van der Waals surface area contributed by atoms with E-state index in [2.05, 4.69) is 39.4 Å². The highest BCUT2D eigenvalue weighted by Crippen LogP contribution is 2.23. The lowest BCUT2D eigenvalue weighted by atomic mass is 10.1. The van der Waals surface area contributed by atoms with Crippen molar-refractivity contribution in [1.29, 1.82) is 0 Å². The number of nitrogens with one attached hydrogen (secondary N) is 1. The van der Waals surface area contributed by atoms with Crippen LogP contribution in [0.4, 0.5) is 17.1 Å². The summed E-state index contributed by atoms with van der Waals surface area (Å²) < 4.78 is 23.8. The molecule has 1 aliphatic heterocycles. The Labute approximate surface area is 204 Å². The van der Waals surface area contributed by atoms with Crippen LogP contribution in [-0.2, 0) is 16.4 Å². The highest BCUT2D eigenvalue weighted by molar-refractivity contribution is 7.90. The summed E-state index contributed by atoms with van der Waals surface area (Å²) in [5.74, 6) is -0.624. The van der Waals surface area contributed by atoms with Crippen LogP contribution in [0.15, 0.2) is 77.7 Å². The standard InChI is InChI=1S/C25H26N4O5S/c1-35(33,34)24-16-20(15-23(17-24)29(31)32)25(30)26-21-7-9-22(10-8-21)28-13-11-27(12-14-28)18-19-5-3-2-4-6-19/h2-10,15-17H,11-14,18H2,1H3,(H,26,30). The van der Waals surface area contributed by atoms with E-state index in [9.17, 15) is 23.3 Å². The minimum absolute atomic E-state index is 0.0989. The van der Waals surface area contributed by atoms with E-state index < -0.39 is 26.4 Å². The number of hydrogen-bond donors (Lipinski definition) is 1. The molecule has 0 bridgehead atoms. The largest absolute Gasteiger partial charge is 0.369 e. The second-order valence-corrected chi connectivity index (χ2v) is 10.5. The maximum Gasteiger partial charge on any atom is 0.271 e. The SMILES string of the molecule is CS(=O)(=O)c1cc(C(=O)Nc2ccc(N3CCN(Cc4ccccc4)CC3)cc2)cc([N+](=O)[O-])c1. The number of piperazine rings is 1. The number of sulfone groups is 1. The van der Waals surface area contributed by atoms with Gasteiger partial charge < -0.3 is 10.2 Å². The lowest BCUT2D eigenvalue weighted by Gasteiger charge is -2.36. The molecular formula is C25H26N4O5S. The normalized spacial score (nSPS) is 14.5. The number of anilines is 2. The van der Waals surface area contributed by atoms with Crippen LogP contribution in [0.3, 0.4) is 0 Å². The molecular weight excluding hydrogens is 468 g/mol. The van der Waals surface area contributed by atoms with Crippen molar-refractivity contribution in [1.82, 2.24) is 4.90 Å². The lowest BCUT2D eigenvalue weighted by Crippen LogP contribution is -2.45. The molecule has 0 aliphatic carbocycles.